The molecule has 2 aromatic carbocycles. The number of ketones is 1. The molecule has 3 rings (SSSR count). The minimum atomic E-state index is -0.461. The first-order chi connectivity index (χ1) is 13.5. The Morgan fingerprint density at radius 3 is 2.50 bits per heavy atom. The van der Waals surface area contributed by atoms with Crippen LogP contribution in [0.4, 0.5) is 4.79 Å². The fourth-order valence-corrected chi connectivity index (χ4v) is 3.47. The van der Waals surface area contributed by atoms with Crippen LogP contribution in [0.1, 0.15) is 36.2 Å². The van der Waals surface area contributed by atoms with E-state index < -0.39 is 11.1 Å². The summed E-state index contributed by atoms with van der Waals surface area (Å²) in [7, 11) is 0. The molecule has 28 heavy (non-hydrogen) atoms. The summed E-state index contributed by atoms with van der Waals surface area (Å²) < 4.78 is 5.90. The van der Waals surface area contributed by atoms with Crippen LogP contribution in [0.2, 0.25) is 0 Å². The van der Waals surface area contributed by atoms with Gasteiger partial charge in [0, 0.05) is 11.1 Å². The van der Waals surface area contributed by atoms with Crippen molar-refractivity contribution in [1.29, 1.82) is 0 Å². The van der Waals surface area contributed by atoms with Gasteiger partial charge in [0.05, 0.1) is 17.6 Å². The largest absolute Gasteiger partial charge is 0.490 e. The Bertz CT molecular complexity index is 923. The number of hydrogen-bond acceptors (Lipinski definition) is 5. The van der Waals surface area contributed by atoms with Gasteiger partial charge in [-0.2, -0.15) is 0 Å². The van der Waals surface area contributed by atoms with E-state index in [9.17, 15) is 14.4 Å². The zero-order valence-corrected chi connectivity index (χ0v) is 16.6. The van der Waals surface area contributed by atoms with Gasteiger partial charge in [-0.25, -0.2) is 0 Å². The molecule has 2 aromatic rings. The molecule has 1 atom stereocenters. The number of nitrogens with zero attached hydrogens (tertiary/aromatic N) is 1. The lowest BCUT2D eigenvalue weighted by Gasteiger charge is -2.14. The predicted octanol–water partition coefficient (Wildman–Crippen LogP) is 4.78. The summed E-state index contributed by atoms with van der Waals surface area (Å²) in [6.45, 7) is 3.74. The Hall–Kier alpha value is -2.86. The lowest BCUT2D eigenvalue weighted by Crippen LogP contribution is -2.33. The smallest absolute Gasteiger partial charge is 0.293 e. The highest BCUT2D eigenvalue weighted by molar-refractivity contribution is 8.18. The number of rotatable bonds is 7. The Morgan fingerprint density at radius 2 is 1.79 bits per heavy atom. The monoisotopic (exact) mass is 395 g/mol. The average Bonchev–Trinajstić information content (AvgIpc) is 2.97. The first kappa shape index (κ1) is 19.9. The highest BCUT2D eigenvalue weighted by Gasteiger charge is 2.36. The second-order valence-corrected chi connectivity index (χ2v) is 7.42. The van der Waals surface area contributed by atoms with E-state index in [0.717, 1.165) is 28.6 Å². The zero-order valence-electron chi connectivity index (χ0n) is 15.8. The first-order valence-electron chi connectivity index (χ1n) is 9.09. The summed E-state index contributed by atoms with van der Waals surface area (Å²) in [6.07, 6.45) is 2.54. The van der Waals surface area contributed by atoms with E-state index in [2.05, 4.69) is 0 Å². The maximum absolute atomic E-state index is 12.7. The van der Waals surface area contributed by atoms with Gasteiger partial charge in [-0.15, -0.1) is 0 Å². The average molecular weight is 395 g/mol. The minimum Gasteiger partial charge on any atom is -0.490 e. The summed E-state index contributed by atoms with van der Waals surface area (Å²) >= 11 is 0.838. The van der Waals surface area contributed by atoms with E-state index in [-0.39, 0.29) is 23.3 Å². The second-order valence-electron chi connectivity index (χ2n) is 6.43. The van der Waals surface area contributed by atoms with Gasteiger partial charge < -0.3 is 4.74 Å². The molecule has 5 nitrogen and oxygen atoms in total. The van der Waals surface area contributed by atoms with Crippen molar-refractivity contribution >= 4 is 34.8 Å². The van der Waals surface area contributed by atoms with Crippen LogP contribution >= 0.6 is 11.8 Å². The van der Waals surface area contributed by atoms with Crippen molar-refractivity contribution in [3.8, 4) is 5.75 Å². The number of carbonyl (C=O) groups is 3. The number of benzene rings is 2. The molecule has 1 aliphatic heterocycles. The van der Waals surface area contributed by atoms with Crippen molar-refractivity contribution in [3.63, 3.8) is 0 Å². The van der Waals surface area contributed by atoms with Crippen molar-refractivity contribution < 1.29 is 19.1 Å². The highest BCUT2D eigenvalue weighted by Crippen LogP contribution is 2.34. The Balaban J connectivity index is 1.79. The van der Waals surface area contributed by atoms with Crippen LogP contribution in [0.25, 0.3) is 6.08 Å². The number of carbonyl (C=O) groups excluding carboxylic acids is 3. The van der Waals surface area contributed by atoms with Crippen molar-refractivity contribution in [2.75, 3.05) is 6.54 Å². The Morgan fingerprint density at radius 1 is 1.11 bits per heavy atom. The van der Waals surface area contributed by atoms with Crippen LogP contribution < -0.4 is 4.74 Å². The number of Topliss-reactive ketones (excluding diaryl/α,β-unsaturated/α-hetero) is 1. The highest BCUT2D eigenvalue weighted by atomic mass is 32.2. The normalized spacial score (nSPS) is 16.5. The van der Waals surface area contributed by atoms with Crippen LogP contribution in [0.3, 0.4) is 0 Å². The topological polar surface area (TPSA) is 63.7 Å². The predicted molar refractivity (Wildman–Crippen MR) is 110 cm³/mol. The lowest BCUT2D eigenvalue weighted by molar-refractivity contribution is -0.122. The van der Waals surface area contributed by atoms with E-state index in [4.69, 9.17) is 4.74 Å². The van der Waals surface area contributed by atoms with E-state index in [0.29, 0.717) is 11.3 Å². The lowest BCUT2D eigenvalue weighted by atomic mass is 10.1. The molecule has 1 aliphatic rings. The van der Waals surface area contributed by atoms with Crippen LogP contribution in [0.15, 0.2) is 59.5 Å². The minimum absolute atomic E-state index is 0.0353. The molecule has 0 aliphatic carbocycles. The maximum Gasteiger partial charge on any atom is 0.293 e. The molecule has 0 radical (unpaired) electrons. The molecular weight excluding hydrogens is 374 g/mol. The van der Waals surface area contributed by atoms with Gasteiger partial charge in [-0.3, -0.25) is 19.3 Å². The molecule has 1 heterocycles. The van der Waals surface area contributed by atoms with Gasteiger partial charge in [0.2, 0.25) is 0 Å². The molecule has 2 amide bonds. The van der Waals surface area contributed by atoms with Crippen molar-refractivity contribution in [3.05, 3.63) is 70.6 Å². The van der Waals surface area contributed by atoms with Crippen LogP contribution in [-0.2, 0) is 4.79 Å². The van der Waals surface area contributed by atoms with Crippen molar-refractivity contribution in [2.45, 2.75) is 26.4 Å². The van der Waals surface area contributed by atoms with Crippen molar-refractivity contribution in [1.82, 2.24) is 4.90 Å². The van der Waals surface area contributed by atoms with Crippen LogP contribution in [-0.4, -0.2) is 34.5 Å². The van der Waals surface area contributed by atoms with Crippen molar-refractivity contribution in [2.24, 2.45) is 0 Å². The molecule has 0 spiro atoms. The van der Waals surface area contributed by atoms with E-state index >= 15 is 0 Å². The number of imide groups is 1. The van der Waals surface area contributed by atoms with Gasteiger partial charge >= 0.3 is 0 Å². The molecule has 0 unspecified atom stereocenters. The van der Waals surface area contributed by atoms with Crippen LogP contribution in [0.5, 0.6) is 5.75 Å². The molecule has 0 saturated carbocycles. The third-order valence-corrected chi connectivity index (χ3v) is 5.29. The number of thioether (sulfide) groups is 1. The Labute approximate surface area is 168 Å². The van der Waals surface area contributed by atoms with Gasteiger partial charge in [0.15, 0.2) is 5.78 Å². The maximum atomic E-state index is 12.7. The Kier molecular flexibility index (Phi) is 6.31. The molecule has 0 aromatic heterocycles. The molecule has 144 valence electrons. The fourth-order valence-electron chi connectivity index (χ4n) is 2.64. The third kappa shape index (κ3) is 4.51. The van der Waals surface area contributed by atoms with Crippen LogP contribution in [0, 0.1) is 0 Å². The summed E-state index contributed by atoms with van der Waals surface area (Å²) in [5.74, 6) is -0.0775. The van der Waals surface area contributed by atoms with Gasteiger partial charge in [-0.05, 0) is 37.2 Å². The van der Waals surface area contributed by atoms with Gasteiger partial charge in [0.25, 0.3) is 11.1 Å². The van der Waals surface area contributed by atoms with Gasteiger partial charge in [-0.1, -0.05) is 55.5 Å². The number of ether oxygens (including phenoxy) is 1. The van der Waals surface area contributed by atoms with E-state index in [1.54, 1.807) is 36.4 Å². The quantitative estimate of drug-likeness (QED) is 0.498. The molecule has 0 N–H and O–H groups in total. The molecule has 0 bridgehead atoms. The number of para-hydroxylation sites is 1. The standard InChI is InChI=1S/C22H21NO4S/c1-3-15(2)27-19-12-8-7-11-17(19)13-20-21(25)23(22(26)28-20)14-18(24)16-9-5-4-6-10-16/h4-13,15H,3,14H2,1-2H3/b20-13+/t15-/m1/s1. The van der Waals surface area contributed by atoms with Gasteiger partial charge in [0.1, 0.15) is 5.75 Å². The first-order valence-corrected chi connectivity index (χ1v) is 9.90. The van der Waals surface area contributed by atoms with E-state index in [1.165, 1.54) is 0 Å². The number of amides is 2. The summed E-state index contributed by atoms with van der Waals surface area (Å²) in [6, 6.07) is 16.0. The number of hydrogen-bond donors (Lipinski definition) is 0. The molecular formula is C22H21NO4S. The fraction of sp³-hybridized carbons (Fsp3) is 0.227. The molecule has 1 saturated heterocycles. The van der Waals surface area contributed by atoms with E-state index in [1.807, 2.05) is 38.1 Å². The summed E-state index contributed by atoms with van der Waals surface area (Å²) in [5, 5.41) is -0.444. The molecule has 6 heteroatoms. The SMILES string of the molecule is CC[C@@H](C)Oc1ccccc1/C=C1/SC(=O)N(CC(=O)c2ccccc2)C1=O. The summed E-state index contributed by atoms with van der Waals surface area (Å²) in [5.41, 5.74) is 1.19. The zero-order chi connectivity index (χ0) is 20.1. The second kappa shape index (κ2) is 8.89. The molecule has 1 fully saturated rings. The summed E-state index contributed by atoms with van der Waals surface area (Å²) in [4.78, 5) is 38.6. The third-order valence-electron chi connectivity index (χ3n) is 4.38.